The van der Waals surface area contributed by atoms with Crippen LogP contribution < -0.4 is 17.2 Å². The second-order valence-electron chi connectivity index (χ2n) is 8.88. The van der Waals surface area contributed by atoms with E-state index in [0.29, 0.717) is 22.2 Å². The summed E-state index contributed by atoms with van der Waals surface area (Å²) in [5.41, 5.74) is 26.0. The first-order valence-corrected chi connectivity index (χ1v) is 12.1. The predicted octanol–water partition coefficient (Wildman–Crippen LogP) is 7.60. The Kier molecular flexibility index (Phi) is 6.06. The fraction of sp³-hybridized carbons (Fsp3) is 0.0667. The SMILES string of the molecule is Nc1ccc(C2=CC(c3ccc(N)cc3)(c3cccc(Cl)c3Cl)CC(c3ccc(N)cc3)=C2)cc1. The first kappa shape index (κ1) is 23.1. The minimum absolute atomic E-state index is 0.519. The molecule has 35 heavy (non-hydrogen) atoms. The molecule has 0 heterocycles. The summed E-state index contributed by atoms with van der Waals surface area (Å²) in [5.74, 6) is 0. The number of benzene rings is 4. The van der Waals surface area contributed by atoms with E-state index in [4.69, 9.17) is 40.4 Å². The second kappa shape index (κ2) is 9.18. The summed E-state index contributed by atoms with van der Waals surface area (Å²) >= 11 is 13.4. The van der Waals surface area contributed by atoms with Gasteiger partial charge < -0.3 is 17.2 Å². The van der Waals surface area contributed by atoms with Gasteiger partial charge in [0.2, 0.25) is 0 Å². The minimum Gasteiger partial charge on any atom is -0.399 e. The smallest absolute Gasteiger partial charge is 0.0636 e. The molecule has 0 fully saturated rings. The van der Waals surface area contributed by atoms with Crippen LogP contribution in [-0.4, -0.2) is 0 Å². The molecule has 0 spiro atoms. The van der Waals surface area contributed by atoms with E-state index in [-0.39, 0.29) is 0 Å². The van der Waals surface area contributed by atoms with Gasteiger partial charge in [0, 0.05) is 22.5 Å². The van der Waals surface area contributed by atoms with Crippen molar-refractivity contribution < 1.29 is 0 Å². The number of nitrogen functional groups attached to an aromatic ring is 3. The van der Waals surface area contributed by atoms with Crippen LogP contribution in [0.3, 0.4) is 0 Å². The number of nitrogens with two attached hydrogens (primary N) is 3. The standard InChI is InChI=1S/C30H25Cl2N3/c31-28-3-1-2-27(29(28)32)30(23-8-14-26(35)15-9-23)17-21(19-4-10-24(33)11-5-19)16-22(18-30)20-6-12-25(34)13-7-20/h1-17H,18,33-35H2. The first-order chi connectivity index (χ1) is 16.9. The quantitative estimate of drug-likeness (QED) is 0.254. The average molecular weight is 498 g/mol. The van der Waals surface area contributed by atoms with Crippen LogP contribution in [0.15, 0.2) is 103 Å². The zero-order chi connectivity index (χ0) is 24.6. The van der Waals surface area contributed by atoms with Crippen molar-refractivity contribution in [2.24, 2.45) is 0 Å². The zero-order valence-corrected chi connectivity index (χ0v) is 20.5. The lowest BCUT2D eigenvalue weighted by atomic mass is 9.65. The van der Waals surface area contributed by atoms with Gasteiger partial charge in [0.15, 0.2) is 0 Å². The first-order valence-electron chi connectivity index (χ1n) is 11.3. The number of allylic oxidation sites excluding steroid dienone is 4. The van der Waals surface area contributed by atoms with E-state index in [1.807, 2.05) is 66.7 Å². The number of rotatable bonds is 4. The highest BCUT2D eigenvalue weighted by Crippen LogP contribution is 2.50. The van der Waals surface area contributed by atoms with Gasteiger partial charge in [0.05, 0.1) is 10.0 Å². The summed E-state index contributed by atoms with van der Waals surface area (Å²) in [6.45, 7) is 0. The molecule has 0 radical (unpaired) electrons. The Morgan fingerprint density at radius 3 is 1.77 bits per heavy atom. The van der Waals surface area contributed by atoms with Crippen LogP contribution in [-0.2, 0) is 5.41 Å². The van der Waals surface area contributed by atoms with Crippen molar-refractivity contribution in [1.82, 2.24) is 0 Å². The molecule has 1 unspecified atom stereocenters. The molecule has 1 aliphatic rings. The molecular formula is C30H25Cl2N3. The molecule has 0 aliphatic heterocycles. The predicted molar refractivity (Wildman–Crippen MR) is 150 cm³/mol. The van der Waals surface area contributed by atoms with Crippen molar-refractivity contribution >= 4 is 51.4 Å². The fourth-order valence-electron chi connectivity index (χ4n) is 4.76. The van der Waals surface area contributed by atoms with Crippen LogP contribution in [0.2, 0.25) is 10.0 Å². The molecule has 5 rings (SSSR count). The number of hydrogen-bond acceptors (Lipinski definition) is 3. The molecular weight excluding hydrogens is 473 g/mol. The highest BCUT2D eigenvalue weighted by atomic mass is 35.5. The maximum absolute atomic E-state index is 6.89. The number of hydrogen-bond donors (Lipinski definition) is 3. The minimum atomic E-state index is -0.585. The second-order valence-corrected chi connectivity index (χ2v) is 9.67. The molecule has 0 amide bonds. The van der Waals surface area contributed by atoms with Gasteiger partial charge in [-0.05, 0) is 82.3 Å². The van der Waals surface area contributed by atoms with E-state index in [1.54, 1.807) is 0 Å². The van der Waals surface area contributed by atoms with Gasteiger partial charge in [-0.15, -0.1) is 0 Å². The third-order valence-corrected chi connectivity index (χ3v) is 7.40. The Hall–Kier alpha value is -3.66. The Balaban J connectivity index is 1.81. The van der Waals surface area contributed by atoms with E-state index < -0.39 is 5.41 Å². The normalized spacial score (nSPS) is 17.5. The van der Waals surface area contributed by atoms with Crippen LogP contribution in [0.4, 0.5) is 17.1 Å². The molecule has 0 saturated heterocycles. The van der Waals surface area contributed by atoms with Crippen LogP contribution in [0.25, 0.3) is 11.1 Å². The lowest BCUT2D eigenvalue weighted by Gasteiger charge is -2.38. The molecule has 0 aromatic heterocycles. The topological polar surface area (TPSA) is 78.1 Å². The zero-order valence-electron chi connectivity index (χ0n) is 19.0. The summed E-state index contributed by atoms with van der Waals surface area (Å²) in [6, 6.07) is 29.7. The highest BCUT2D eigenvalue weighted by molar-refractivity contribution is 6.42. The average Bonchev–Trinajstić information content (AvgIpc) is 2.86. The van der Waals surface area contributed by atoms with Gasteiger partial charge in [0.25, 0.3) is 0 Å². The Labute approximate surface area is 215 Å². The lowest BCUT2D eigenvalue weighted by molar-refractivity contribution is 0.660. The molecule has 1 atom stereocenters. The van der Waals surface area contributed by atoms with Gasteiger partial charge in [-0.2, -0.15) is 0 Å². The van der Waals surface area contributed by atoms with Gasteiger partial charge in [-0.3, -0.25) is 0 Å². The van der Waals surface area contributed by atoms with E-state index >= 15 is 0 Å². The van der Waals surface area contributed by atoms with Crippen LogP contribution in [0, 0.1) is 0 Å². The van der Waals surface area contributed by atoms with Crippen LogP contribution in [0.1, 0.15) is 28.7 Å². The molecule has 1 aliphatic carbocycles. The maximum atomic E-state index is 6.89. The van der Waals surface area contributed by atoms with Crippen molar-refractivity contribution in [3.63, 3.8) is 0 Å². The molecule has 6 N–H and O–H groups in total. The Morgan fingerprint density at radius 1 is 0.629 bits per heavy atom. The third kappa shape index (κ3) is 4.41. The van der Waals surface area contributed by atoms with Gasteiger partial charge in [-0.25, -0.2) is 0 Å². The molecule has 4 aromatic rings. The van der Waals surface area contributed by atoms with Crippen molar-refractivity contribution in [2.45, 2.75) is 11.8 Å². The van der Waals surface area contributed by atoms with Crippen molar-refractivity contribution in [3.8, 4) is 0 Å². The molecule has 3 nitrogen and oxygen atoms in total. The van der Waals surface area contributed by atoms with Crippen molar-refractivity contribution in [3.05, 3.63) is 135 Å². The highest BCUT2D eigenvalue weighted by Gasteiger charge is 2.38. The third-order valence-electron chi connectivity index (χ3n) is 6.58. The van der Waals surface area contributed by atoms with E-state index in [9.17, 15) is 0 Å². The summed E-state index contributed by atoms with van der Waals surface area (Å²) in [4.78, 5) is 0. The van der Waals surface area contributed by atoms with Gasteiger partial charge in [0.1, 0.15) is 0 Å². The molecule has 0 saturated carbocycles. The van der Waals surface area contributed by atoms with Crippen LogP contribution in [0.5, 0.6) is 0 Å². The van der Waals surface area contributed by atoms with Crippen molar-refractivity contribution in [1.29, 1.82) is 0 Å². The van der Waals surface area contributed by atoms with E-state index in [2.05, 4.69) is 36.4 Å². The number of halogens is 2. The van der Waals surface area contributed by atoms with E-state index in [1.165, 1.54) is 0 Å². The van der Waals surface area contributed by atoms with Gasteiger partial charge in [-0.1, -0.05) is 83.9 Å². The monoisotopic (exact) mass is 497 g/mol. The molecule has 4 aromatic carbocycles. The summed E-state index contributed by atoms with van der Waals surface area (Å²) in [7, 11) is 0. The lowest BCUT2D eigenvalue weighted by Crippen LogP contribution is -2.29. The fourth-order valence-corrected chi connectivity index (χ4v) is 5.23. The summed E-state index contributed by atoms with van der Waals surface area (Å²) in [5, 5.41) is 1.06. The Morgan fingerprint density at radius 2 is 1.17 bits per heavy atom. The molecule has 0 bridgehead atoms. The van der Waals surface area contributed by atoms with E-state index in [0.717, 1.165) is 44.8 Å². The van der Waals surface area contributed by atoms with Gasteiger partial charge >= 0.3 is 0 Å². The summed E-state index contributed by atoms with van der Waals surface area (Å²) < 4.78 is 0. The van der Waals surface area contributed by atoms with Crippen LogP contribution >= 0.6 is 23.2 Å². The van der Waals surface area contributed by atoms with Crippen molar-refractivity contribution in [2.75, 3.05) is 17.2 Å². The number of anilines is 3. The summed E-state index contributed by atoms with van der Waals surface area (Å²) in [6.07, 6.45) is 5.19. The Bertz CT molecular complexity index is 1440. The molecule has 174 valence electrons. The largest absolute Gasteiger partial charge is 0.399 e. The molecule has 5 heteroatoms. The maximum Gasteiger partial charge on any atom is 0.0636 e.